The Hall–Kier alpha value is -0.700. The normalized spacial score (nSPS) is 23.1. The highest BCUT2D eigenvalue weighted by Crippen LogP contribution is 2.02. The van der Waals surface area contributed by atoms with Crippen LogP contribution >= 0.6 is 0 Å². The number of carbonyl (C=O) groups is 1. The monoisotopic (exact) mass is 266 g/mol. The van der Waals surface area contributed by atoms with Gasteiger partial charge in [-0.3, -0.25) is 4.79 Å². The Bertz CT molecular complexity index is 350. The van der Waals surface area contributed by atoms with Crippen molar-refractivity contribution < 1.29 is 22.7 Å². The van der Waals surface area contributed by atoms with E-state index in [0.717, 1.165) is 13.7 Å². The molecule has 0 aliphatic carbocycles. The van der Waals surface area contributed by atoms with Crippen molar-refractivity contribution in [1.82, 2.24) is 10.0 Å². The minimum absolute atomic E-state index is 0.149. The molecule has 2 N–H and O–H groups in total. The first-order valence-corrected chi connectivity index (χ1v) is 6.90. The Labute approximate surface area is 101 Å². The van der Waals surface area contributed by atoms with Crippen molar-refractivity contribution in [3.63, 3.8) is 0 Å². The molecule has 17 heavy (non-hydrogen) atoms. The van der Waals surface area contributed by atoms with Gasteiger partial charge in [0.2, 0.25) is 10.0 Å². The lowest BCUT2D eigenvalue weighted by Crippen LogP contribution is -2.47. The van der Waals surface area contributed by atoms with Gasteiger partial charge >= 0.3 is 5.97 Å². The summed E-state index contributed by atoms with van der Waals surface area (Å²) in [4.78, 5) is 11.1. The summed E-state index contributed by atoms with van der Waals surface area (Å²) in [6.45, 7) is 3.35. The highest BCUT2D eigenvalue weighted by molar-refractivity contribution is 7.90. The molecule has 2 unspecified atom stereocenters. The molecule has 0 aromatic carbocycles. The zero-order valence-corrected chi connectivity index (χ0v) is 10.7. The van der Waals surface area contributed by atoms with Crippen LogP contribution in [0.4, 0.5) is 0 Å². The first kappa shape index (κ1) is 14.4. The second-order valence-corrected chi connectivity index (χ2v) is 5.84. The molecule has 1 aliphatic rings. The van der Waals surface area contributed by atoms with E-state index in [-0.39, 0.29) is 12.6 Å². The van der Waals surface area contributed by atoms with Gasteiger partial charge in [-0.15, -0.1) is 0 Å². The molecular weight excluding hydrogens is 248 g/mol. The lowest BCUT2D eigenvalue weighted by molar-refractivity contribution is -0.139. The molecule has 0 radical (unpaired) electrons. The standard InChI is InChI=1S/C9H18N2O5S/c1-7(9(12)15-2)17(13,14)11-6-8-5-10-3-4-16-8/h7-8,10-11H,3-6H2,1-2H3. The van der Waals surface area contributed by atoms with Crippen LogP contribution in [0.1, 0.15) is 6.92 Å². The number of ether oxygens (including phenoxy) is 2. The van der Waals surface area contributed by atoms with E-state index in [4.69, 9.17) is 4.74 Å². The average Bonchev–Trinajstić information content (AvgIpc) is 2.36. The summed E-state index contributed by atoms with van der Waals surface area (Å²) in [6.07, 6.45) is -0.205. The van der Waals surface area contributed by atoms with Crippen LogP contribution < -0.4 is 10.0 Å². The fraction of sp³-hybridized carbons (Fsp3) is 0.889. The van der Waals surface area contributed by atoms with E-state index in [9.17, 15) is 13.2 Å². The molecular formula is C9H18N2O5S. The van der Waals surface area contributed by atoms with Gasteiger partial charge in [-0.25, -0.2) is 13.1 Å². The molecule has 2 atom stereocenters. The van der Waals surface area contributed by atoms with Crippen LogP contribution in [0, 0.1) is 0 Å². The summed E-state index contributed by atoms with van der Waals surface area (Å²) in [7, 11) is -2.55. The van der Waals surface area contributed by atoms with E-state index in [2.05, 4.69) is 14.8 Å². The van der Waals surface area contributed by atoms with Gasteiger partial charge in [0.1, 0.15) is 0 Å². The SMILES string of the molecule is COC(=O)C(C)S(=O)(=O)NCC1CNCCO1. The smallest absolute Gasteiger partial charge is 0.325 e. The molecule has 0 saturated carbocycles. The number of nitrogens with one attached hydrogen (secondary N) is 2. The summed E-state index contributed by atoms with van der Waals surface area (Å²) < 4.78 is 35.4. The van der Waals surface area contributed by atoms with E-state index < -0.39 is 21.2 Å². The van der Waals surface area contributed by atoms with Crippen LogP contribution in [0.2, 0.25) is 0 Å². The number of morpholine rings is 1. The van der Waals surface area contributed by atoms with E-state index in [0.29, 0.717) is 13.2 Å². The lowest BCUT2D eigenvalue weighted by atomic mass is 10.3. The highest BCUT2D eigenvalue weighted by atomic mass is 32.2. The van der Waals surface area contributed by atoms with Gasteiger partial charge in [0.15, 0.2) is 5.25 Å². The summed E-state index contributed by atoms with van der Waals surface area (Å²) >= 11 is 0. The first-order valence-electron chi connectivity index (χ1n) is 5.36. The van der Waals surface area contributed by atoms with Crippen LogP contribution in [0.15, 0.2) is 0 Å². The van der Waals surface area contributed by atoms with Crippen LogP contribution in [-0.2, 0) is 24.3 Å². The van der Waals surface area contributed by atoms with E-state index in [1.165, 1.54) is 6.92 Å². The largest absolute Gasteiger partial charge is 0.468 e. The number of rotatable bonds is 5. The van der Waals surface area contributed by atoms with E-state index in [1.807, 2.05) is 0 Å². The molecule has 0 bridgehead atoms. The molecule has 7 nitrogen and oxygen atoms in total. The van der Waals surface area contributed by atoms with Gasteiger partial charge in [-0.05, 0) is 6.92 Å². The molecule has 100 valence electrons. The number of esters is 1. The van der Waals surface area contributed by atoms with Gasteiger partial charge in [-0.1, -0.05) is 0 Å². The fourth-order valence-electron chi connectivity index (χ4n) is 1.38. The van der Waals surface area contributed by atoms with Crippen molar-refractivity contribution in [3.8, 4) is 0 Å². The summed E-state index contributed by atoms with van der Waals surface area (Å²) in [5, 5.41) is 1.86. The zero-order chi connectivity index (χ0) is 12.9. The molecule has 0 aromatic heterocycles. The second kappa shape index (κ2) is 6.29. The highest BCUT2D eigenvalue weighted by Gasteiger charge is 2.29. The fourth-order valence-corrected chi connectivity index (χ4v) is 2.40. The van der Waals surface area contributed by atoms with Crippen molar-refractivity contribution in [1.29, 1.82) is 0 Å². The van der Waals surface area contributed by atoms with Gasteiger partial charge < -0.3 is 14.8 Å². The van der Waals surface area contributed by atoms with E-state index >= 15 is 0 Å². The van der Waals surface area contributed by atoms with Gasteiger partial charge in [-0.2, -0.15) is 0 Å². The number of hydrogen-bond donors (Lipinski definition) is 2. The Morgan fingerprint density at radius 3 is 2.88 bits per heavy atom. The van der Waals surface area contributed by atoms with Crippen molar-refractivity contribution in [3.05, 3.63) is 0 Å². The average molecular weight is 266 g/mol. The minimum Gasteiger partial charge on any atom is -0.468 e. The van der Waals surface area contributed by atoms with Crippen LogP contribution in [-0.4, -0.2) is 59.1 Å². The van der Waals surface area contributed by atoms with Crippen LogP contribution in [0.5, 0.6) is 0 Å². The molecule has 0 amide bonds. The third-order valence-corrected chi connectivity index (χ3v) is 4.21. The van der Waals surface area contributed by atoms with Crippen LogP contribution in [0.3, 0.4) is 0 Å². The molecule has 1 aliphatic heterocycles. The first-order chi connectivity index (χ1) is 7.97. The Morgan fingerprint density at radius 1 is 1.65 bits per heavy atom. The van der Waals surface area contributed by atoms with Gasteiger partial charge in [0, 0.05) is 19.6 Å². The van der Waals surface area contributed by atoms with Gasteiger partial charge in [0.05, 0.1) is 19.8 Å². The molecule has 0 aromatic rings. The van der Waals surface area contributed by atoms with Gasteiger partial charge in [0.25, 0.3) is 0 Å². The van der Waals surface area contributed by atoms with Crippen molar-refractivity contribution in [2.45, 2.75) is 18.3 Å². The molecule has 8 heteroatoms. The molecule has 1 fully saturated rings. The second-order valence-electron chi connectivity index (χ2n) is 3.76. The van der Waals surface area contributed by atoms with E-state index in [1.54, 1.807) is 0 Å². The Kier molecular flexibility index (Phi) is 5.31. The summed E-state index contributed by atoms with van der Waals surface area (Å²) in [5.74, 6) is -0.778. The Morgan fingerprint density at radius 2 is 2.35 bits per heavy atom. The predicted octanol–water partition coefficient (Wildman–Crippen LogP) is -1.54. The number of sulfonamides is 1. The summed E-state index contributed by atoms with van der Waals surface area (Å²) in [5.41, 5.74) is 0. The molecule has 1 heterocycles. The van der Waals surface area contributed by atoms with Crippen molar-refractivity contribution >= 4 is 16.0 Å². The zero-order valence-electron chi connectivity index (χ0n) is 9.93. The third kappa shape index (κ3) is 4.23. The Balaban J connectivity index is 2.46. The lowest BCUT2D eigenvalue weighted by Gasteiger charge is -2.24. The number of carbonyl (C=O) groups excluding carboxylic acids is 1. The summed E-state index contributed by atoms with van der Waals surface area (Å²) in [6, 6.07) is 0. The topological polar surface area (TPSA) is 93.7 Å². The predicted molar refractivity (Wildman–Crippen MR) is 61.0 cm³/mol. The number of hydrogen-bond acceptors (Lipinski definition) is 6. The molecule has 1 rings (SSSR count). The quantitative estimate of drug-likeness (QED) is 0.586. The third-order valence-electron chi connectivity index (χ3n) is 2.52. The molecule has 0 spiro atoms. The molecule has 1 saturated heterocycles. The maximum absolute atomic E-state index is 11.7. The van der Waals surface area contributed by atoms with Crippen molar-refractivity contribution in [2.24, 2.45) is 0 Å². The van der Waals surface area contributed by atoms with Crippen molar-refractivity contribution in [2.75, 3.05) is 33.4 Å². The maximum atomic E-state index is 11.7. The maximum Gasteiger partial charge on any atom is 0.325 e. The van der Waals surface area contributed by atoms with Crippen LogP contribution in [0.25, 0.3) is 0 Å². The number of methoxy groups -OCH3 is 1. The minimum atomic E-state index is -3.70.